The molecule has 0 spiro atoms. The van der Waals surface area contributed by atoms with E-state index in [2.05, 4.69) is 32.8 Å². The second-order valence-electron chi connectivity index (χ2n) is 4.65. The van der Waals surface area contributed by atoms with E-state index in [9.17, 15) is 4.79 Å². The van der Waals surface area contributed by atoms with Crippen LogP contribution in [0.15, 0.2) is 0 Å². The van der Waals surface area contributed by atoms with Crippen molar-refractivity contribution in [1.29, 1.82) is 0 Å². The number of hydrogen-bond donors (Lipinski definition) is 3. The molecule has 0 unspecified atom stereocenters. The molecule has 0 fully saturated rings. The summed E-state index contributed by atoms with van der Waals surface area (Å²) in [6.45, 7) is 9.98. The maximum Gasteiger partial charge on any atom is 0.221 e. The van der Waals surface area contributed by atoms with Gasteiger partial charge in [0.05, 0.1) is 0 Å². The van der Waals surface area contributed by atoms with Crippen LogP contribution >= 0.6 is 0 Å². The molecule has 0 aromatic carbocycles. The first-order chi connectivity index (χ1) is 9.58. The number of hydrogen-bond acceptors (Lipinski definition) is 5. The molecule has 3 N–H and O–H groups in total. The molecule has 6 nitrogen and oxygen atoms in total. The highest BCUT2D eigenvalue weighted by Crippen LogP contribution is 2.19. The van der Waals surface area contributed by atoms with Gasteiger partial charge < -0.3 is 16.0 Å². The summed E-state index contributed by atoms with van der Waals surface area (Å²) in [5, 5.41) is 9.27. The van der Waals surface area contributed by atoms with Crippen molar-refractivity contribution in [3.8, 4) is 0 Å². The lowest BCUT2D eigenvalue weighted by molar-refractivity contribution is -0.120. The number of rotatable bonds is 8. The van der Waals surface area contributed by atoms with Crippen molar-refractivity contribution in [3.05, 3.63) is 11.4 Å². The van der Waals surface area contributed by atoms with E-state index in [1.807, 2.05) is 20.8 Å². The zero-order chi connectivity index (χ0) is 15.0. The van der Waals surface area contributed by atoms with E-state index in [-0.39, 0.29) is 5.91 Å². The third-order valence-corrected chi connectivity index (χ3v) is 2.82. The normalized spacial score (nSPS) is 10.2. The van der Waals surface area contributed by atoms with Gasteiger partial charge in [-0.25, -0.2) is 9.97 Å². The van der Waals surface area contributed by atoms with Crippen LogP contribution in [0.25, 0.3) is 0 Å². The maximum atomic E-state index is 11.4. The van der Waals surface area contributed by atoms with Crippen LogP contribution in [0.2, 0.25) is 0 Å². The first kappa shape index (κ1) is 16.2. The summed E-state index contributed by atoms with van der Waals surface area (Å²) in [4.78, 5) is 20.2. The number of amides is 1. The van der Waals surface area contributed by atoms with Crippen molar-refractivity contribution in [2.45, 2.75) is 40.5 Å². The summed E-state index contributed by atoms with van der Waals surface area (Å²) < 4.78 is 0. The van der Waals surface area contributed by atoms with Crippen molar-refractivity contribution >= 4 is 17.5 Å². The molecule has 0 saturated carbocycles. The van der Waals surface area contributed by atoms with Gasteiger partial charge in [-0.2, -0.15) is 0 Å². The van der Waals surface area contributed by atoms with Gasteiger partial charge in [0.2, 0.25) is 5.91 Å². The third-order valence-electron chi connectivity index (χ3n) is 2.82. The predicted octanol–water partition coefficient (Wildman–Crippen LogP) is 1.85. The number of aryl methyl sites for hydroxylation is 1. The molecule has 1 rings (SSSR count). The number of nitrogens with one attached hydrogen (secondary N) is 3. The molecule has 0 aliphatic heterocycles. The minimum Gasteiger partial charge on any atom is -0.370 e. The standard InChI is InChI=1S/C14H25N5O/c1-5-8-16-13-10(3)14(19-11(4)18-13)17-9-7-12(20)15-6-2/h5-9H2,1-4H3,(H,15,20)(H2,16,17,18,19). The fourth-order valence-corrected chi connectivity index (χ4v) is 1.80. The zero-order valence-corrected chi connectivity index (χ0v) is 12.8. The van der Waals surface area contributed by atoms with Gasteiger partial charge in [0.15, 0.2) is 0 Å². The van der Waals surface area contributed by atoms with Gasteiger partial charge in [0.1, 0.15) is 17.5 Å². The molecule has 0 bridgehead atoms. The topological polar surface area (TPSA) is 78.9 Å². The number of carbonyl (C=O) groups excluding carboxylic acids is 1. The van der Waals surface area contributed by atoms with Crippen LogP contribution in [0.3, 0.4) is 0 Å². The lowest BCUT2D eigenvalue weighted by atomic mass is 10.3. The average Bonchev–Trinajstić information content (AvgIpc) is 2.41. The Morgan fingerprint density at radius 3 is 2.20 bits per heavy atom. The summed E-state index contributed by atoms with van der Waals surface area (Å²) in [5.41, 5.74) is 0.986. The fraction of sp³-hybridized carbons (Fsp3) is 0.643. The van der Waals surface area contributed by atoms with Gasteiger partial charge in [-0.1, -0.05) is 6.92 Å². The smallest absolute Gasteiger partial charge is 0.221 e. The number of nitrogens with zero attached hydrogens (tertiary/aromatic N) is 2. The molecule has 0 aliphatic rings. The molecule has 112 valence electrons. The molecular formula is C14H25N5O. The SMILES string of the molecule is CCCNc1nc(C)nc(NCCC(=O)NCC)c1C. The first-order valence-electron chi connectivity index (χ1n) is 7.18. The minimum atomic E-state index is 0.0489. The Kier molecular flexibility index (Phi) is 6.76. The fourth-order valence-electron chi connectivity index (χ4n) is 1.80. The quantitative estimate of drug-likeness (QED) is 0.677. The monoisotopic (exact) mass is 279 g/mol. The third kappa shape index (κ3) is 5.03. The van der Waals surface area contributed by atoms with Gasteiger partial charge in [-0.3, -0.25) is 4.79 Å². The molecule has 0 saturated heterocycles. The van der Waals surface area contributed by atoms with Gasteiger partial charge in [-0.05, 0) is 27.2 Å². The Balaban J connectivity index is 2.64. The van der Waals surface area contributed by atoms with Crippen molar-refractivity contribution in [1.82, 2.24) is 15.3 Å². The van der Waals surface area contributed by atoms with Gasteiger partial charge in [0, 0.05) is 31.6 Å². The van der Waals surface area contributed by atoms with E-state index in [1.165, 1.54) is 0 Å². The van der Waals surface area contributed by atoms with E-state index in [4.69, 9.17) is 0 Å². The summed E-state index contributed by atoms with van der Waals surface area (Å²) in [7, 11) is 0. The van der Waals surface area contributed by atoms with Crippen molar-refractivity contribution in [2.75, 3.05) is 30.3 Å². The van der Waals surface area contributed by atoms with Crippen molar-refractivity contribution in [3.63, 3.8) is 0 Å². The average molecular weight is 279 g/mol. The van der Waals surface area contributed by atoms with E-state index < -0.39 is 0 Å². The van der Waals surface area contributed by atoms with E-state index in [1.54, 1.807) is 0 Å². The highest BCUT2D eigenvalue weighted by atomic mass is 16.1. The zero-order valence-electron chi connectivity index (χ0n) is 12.8. The summed E-state index contributed by atoms with van der Waals surface area (Å²) in [5.74, 6) is 2.42. The van der Waals surface area contributed by atoms with Gasteiger partial charge in [0.25, 0.3) is 0 Å². The molecular weight excluding hydrogens is 254 g/mol. The molecule has 1 heterocycles. The molecule has 0 radical (unpaired) electrons. The first-order valence-corrected chi connectivity index (χ1v) is 7.18. The Morgan fingerprint density at radius 2 is 1.65 bits per heavy atom. The van der Waals surface area contributed by atoms with Crippen LogP contribution in [0.5, 0.6) is 0 Å². The van der Waals surface area contributed by atoms with Crippen LogP contribution in [0, 0.1) is 13.8 Å². The number of carbonyl (C=O) groups is 1. The van der Waals surface area contributed by atoms with E-state index in [0.717, 1.165) is 36.0 Å². The largest absolute Gasteiger partial charge is 0.370 e. The maximum absolute atomic E-state index is 11.4. The molecule has 20 heavy (non-hydrogen) atoms. The Labute approximate surface area is 120 Å². The van der Waals surface area contributed by atoms with E-state index in [0.29, 0.717) is 19.5 Å². The van der Waals surface area contributed by atoms with Crippen LogP contribution in [0.1, 0.15) is 38.1 Å². The molecule has 0 atom stereocenters. The number of anilines is 2. The molecule has 6 heteroatoms. The molecule has 1 aromatic rings. The Morgan fingerprint density at radius 1 is 1.05 bits per heavy atom. The van der Waals surface area contributed by atoms with Crippen molar-refractivity contribution in [2.24, 2.45) is 0 Å². The van der Waals surface area contributed by atoms with E-state index >= 15 is 0 Å². The van der Waals surface area contributed by atoms with Crippen molar-refractivity contribution < 1.29 is 4.79 Å². The van der Waals surface area contributed by atoms with Crippen LogP contribution in [0.4, 0.5) is 11.6 Å². The van der Waals surface area contributed by atoms with Gasteiger partial charge >= 0.3 is 0 Å². The van der Waals surface area contributed by atoms with Crippen LogP contribution in [-0.4, -0.2) is 35.5 Å². The molecule has 1 amide bonds. The van der Waals surface area contributed by atoms with Crippen LogP contribution < -0.4 is 16.0 Å². The minimum absolute atomic E-state index is 0.0489. The van der Waals surface area contributed by atoms with Crippen LogP contribution in [-0.2, 0) is 4.79 Å². The second-order valence-corrected chi connectivity index (χ2v) is 4.65. The molecule has 1 aromatic heterocycles. The Hall–Kier alpha value is -1.85. The highest BCUT2D eigenvalue weighted by molar-refractivity contribution is 5.76. The summed E-state index contributed by atoms with van der Waals surface area (Å²) in [6, 6.07) is 0. The number of aromatic nitrogens is 2. The highest BCUT2D eigenvalue weighted by Gasteiger charge is 2.09. The Bertz CT molecular complexity index is 447. The predicted molar refractivity (Wildman–Crippen MR) is 82.1 cm³/mol. The van der Waals surface area contributed by atoms with Gasteiger partial charge in [-0.15, -0.1) is 0 Å². The lowest BCUT2D eigenvalue weighted by Gasteiger charge is -2.13. The summed E-state index contributed by atoms with van der Waals surface area (Å²) in [6.07, 6.45) is 1.48. The second kappa shape index (κ2) is 8.35. The molecule has 0 aliphatic carbocycles. The lowest BCUT2D eigenvalue weighted by Crippen LogP contribution is -2.25. The summed E-state index contributed by atoms with van der Waals surface area (Å²) >= 11 is 0.